The molecule has 4 heteroatoms. The van der Waals surface area contributed by atoms with Crippen LogP contribution in [-0.4, -0.2) is 36.2 Å². The molecule has 0 radical (unpaired) electrons. The zero-order valence-electron chi connectivity index (χ0n) is 15.7. The second-order valence-electron chi connectivity index (χ2n) is 7.32. The van der Waals surface area contributed by atoms with Crippen LogP contribution in [0.5, 0.6) is 0 Å². The van der Waals surface area contributed by atoms with Crippen molar-refractivity contribution in [2.45, 2.75) is 51.5 Å². The molecule has 0 bridgehead atoms. The summed E-state index contributed by atoms with van der Waals surface area (Å²) in [6, 6.07) is 8.59. The topological polar surface area (TPSA) is 56.2 Å². The molecule has 1 aliphatic heterocycles. The van der Waals surface area contributed by atoms with E-state index in [0.29, 0.717) is 18.3 Å². The summed E-state index contributed by atoms with van der Waals surface area (Å²) in [4.78, 5) is 13.1. The molecule has 1 aromatic rings. The number of carbonyl (C=O) groups excluding carboxylic acids is 1. The van der Waals surface area contributed by atoms with Crippen LogP contribution in [0, 0.1) is 5.41 Å². The average molecular weight is 351 g/mol. The van der Waals surface area contributed by atoms with Crippen molar-refractivity contribution in [2.75, 3.05) is 13.1 Å². The number of nitrogens with one attached hydrogen (secondary N) is 2. The summed E-state index contributed by atoms with van der Waals surface area (Å²) >= 11 is 0. The van der Waals surface area contributed by atoms with E-state index in [2.05, 4.69) is 18.8 Å². The maximum atomic E-state index is 11.3. The zero-order valence-corrected chi connectivity index (χ0v) is 15.7. The number of hydrogen-bond acceptors (Lipinski definition) is 3. The van der Waals surface area contributed by atoms with Gasteiger partial charge in [0.05, 0.1) is 5.71 Å². The monoisotopic (exact) mass is 351 g/mol. The molecule has 2 aliphatic rings. The highest BCUT2D eigenvalue weighted by Gasteiger charge is 2.25. The molecule has 1 saturated carbocycles. The molecule has 138 valence electrons. The third-order valence-electron chi connectivity index (χ3n) is 5.55. The van der Waals surface area contributed by atoms with Gasteiger partial charge in [0.15, 0.2) is 0 Å². The summed E-state index contributed by atoms with van der Waals surface area (Å²) in [6.45, 7) is 7.44. The van der Waals surface area contributed by atoms with Crippen LogP contribution < -0.4 is 5.32 Å². The molecule has 0 spiro atoms. The predicted molar refractivity (Wildman–Crippen MR) is 107 cm³/mol. The Morgan fingerprint density at radius 1 is 1.35 bits per heavy atom. The molecule has 3 rings (SSSR count). The minimum absolute atomic E-state index is 0.510. The van der Waals surface area contributed by atoms with E-state index in [-0.39, 0.29) is 0 Å². The van der Waals surface area contributed by atoms with E-state index in [9.17, 15) is 4.79 Å². The summed E-state index contributed by atoms with van der Waals surface area (Å²) in [5.41, 5.74) is 5.68. The van der Waals surface area contributed by atoms with Gasteiger partial charge in [0.25, 0.3) is 0 Å². The summed E-state index contributed by atoms with van der Waals surface area (Å²) in [5.74, 6) is 0. The highest BCUT2D eigenvalue weighted by Crippen LogP contribution is 2.25. The van der Waals surface area contributed by atoms with E-state index >= 15 is 0 Å². The number of carbonyl (C=O) groups is 1. The molecule has 1 heterocycles. The second-order valence-corrected chi connectivity index (χ2v) is 7.32. The van der Waals surface area contributed by atoms with Gasteiger partial charge in [-0.25, -0.2) is 0 Å². The van der Waals surface area contributed by atoms with Gasteiger partial charge in [-0.05, 0) is 36.5 Å². The molecule has 26 heavy (non-hydrogen) atoms. The standard InChI is InChI=1S/C22H29N3O/c1-3-16(2)17-7-6-8-18(13-17)22(23)20-14-25(15-26)12-11-21(20)24-19-9-4-5-10-19/h6-8,13,15,19,23-24H,2-5,9-12,14H2,1H3. The summed E-state index contributed by atoms with van der Waals surface area (Å²) in [7, 11) is 0. The molecule has 1 aliphatic carbocycles. The van der Waals surface area contributed by atoms with Crippen molar-refractivity contribution in [3.63, 3.8) is 0 Å². The molecule has 0 aromatic heterocycles. The molecule has 0 unspecified atom stereocenters. The molecular weight excluding hydrogens is 322 g/mol. The van der Waals surface area contributed by atoms with E-state index < -0.39 is 0 Å². The largest absolute Gasteiger partial charge is 0.385 e. The molecule has 4 nitrogen and oxygen atoms in total. The Hall–Kier alpha value is -2.36. The minimum Gasteiger partial charge on any atom is -0.385 e. The number of rotatable bonds is 7. The molecule has 2 N–H and O–H groups in total. The number of allylic oxidation sites excluding steroid dienone is 1. The quantitative estimate of drug-likeness (QED) is 0.573. The first-order valence-corrected chi connectivity index (χ1v) is 9.67. The second kappa shape index (κ2) is 8.35. The van der Waals surface area contributed by atoms with Crippen molar-refractivity contribution in [1.82, 2.24) is 10.2 Å². The van der Waals surface area contributed by atoms with Gasteiger partial charge in [-0.1, -0.05) is 44.5 Å². The first-order valence-electron chi connectivity index (χ1n) is 9.67. The van der Waals surface area contributed by atoms with Crippen molar-refractivity contribution < 1.29 is 4.79 Å². The van der Waals surface area contributed by atoms with Gasteiger partial charge < -0.3 is 10.2 Å². The maximum absolute atomic E-state index is 11.3. The number of hydrogen-bond donors (Lipinski definition) is 2. The Labute approximate surface area is 156 Å². The molecule has 1 fully saturated rings. The van der Waals surface area contributed by atoms with Gasteiger partial charge in [0.2, 0.25) is 6.41 Å². The smallest absolute Gasteiger partial charge is 0.210 e. The number of amides is 1. The lowest BCUT2D eigenvalue weighted by molar-refractivity contribution is -0.117. The first-order chi connectivity index (χ1) is 12.6. The fourth-order valence-corrected chi connectivity index (χ4v) is 3.85. The van der Waals surface area contributed by atoms with E-state index in [1.165, 1.54) is 25.7 Å². The van der Waals surface area contributed by atoms with Crippen molar-refractivity contribution in [1.29, 1.82) is 5.41 Å². The van der Waals surface area contributed by atoms with Crippen LogP contribution in [0.2, 0.25) is 0 Å². The van der Waals surface area contributed by atoms with Crippen LogP contribution >= 0.6 is 0 Å². The van der Waals surface area contributed by atoms with Crippen LogP contribution in [0.25, 0.3) is 5.57 Å². The molecular formula is C22H29N3O. The van der Waals surface area contributed by atoms with Gasteiger partial charge in [-0.15, -0.1) is 0 Å². The minimum atomic E-state index is 0.510. The molecule has 0 saturated heterocycles. The Bertz CT molecular complexity index is 729. The van der Waals surface area contributed by atoms with Crippen molar-refractivity contribution >= 4 is 17.7 Å². The average Bonchev–Trinajstić information content (AvgIpc) is 3.20. The van der Waals surface area contributed by atoms with Crippen LogP contribution in [0.4, 0.5) is 0 Å². The fourth-order valence-electron chi connectivity index (χ4n) is 3.85. The van der Waals surface area contributed by atoms with E-state index in [1.807, 2.05) is 24.3 Å². The Kier molecular flexibility index (Phi) is 5.92. The normalized spacial score (nSPS) is 18.1. The Morgan fingerprint density at radius 3 is 2.77 bits per heavy atom. The van der Waals surface area contributed by atoms with Gasteiger partial charge in [-0.3, -0.25) is 10.2 Å². The number of nitrogens with zero attached hydrogens (tertiary/aromatic N) is 1. The Balaban J connectivity index is 1.90. The molecule has 1 aromatic carbocycles. The first kappa shape index (κ1) is 18.4. The van der Waals surface area contributed by atoms with Gasteiger partial charge >= 0.3 is 0 Å². The lowest BCUT2D eigenvalue weighted by atomic mass is 9.93. The fraction of sp³-hybridized carbons (Fsp3) is 0.455. The maximum Gasteiger partial charge on any atom is 0.210 e. The van der Waals surface area contributed by atoms with Crippen LogP contribution in [-0.2, 0) is 4.79 Å². The number of benzene rings is 1. The highest BCUT2D eigenvalue weighted by molar-refractivity contribution is 6.11. The van der Waals surface area contributed by atoms with Crippen LogP contribution in [0.1, 0.15) is 56.6 Å². The third kappa shape index (κ3) is 4.06. The molecule has 0 atom stereocenters. The Morgan fingerprint density at radius 2 is 2.08 bits per heavy atom. The van der Waals surface area contributed by atoms with Gasteiger partial charge in [0, 0.05) is 42.4 Å². The van der Waals surface area contributed by atoms with Crippen LogP contribution in [0.15, 0.2) is 42.1 Å². The van der Waals surface area contributed by atoms with E-state index in [4.69, 9.17) is 5.41 Å². The van der Waals surface area contributed by atoms with E-state index in [1.54, 1.807) is 4.90 Å². The van der Waals surface area contributed by atoms with Crippen LogP contribution in [0.3, 0.4) is 0 Å². The summed E-state index contributed by atoms with van der Waals surface area (Å²) in [6.07, 6.45) is 7.55. The molecule has 1 amide bonds. The van der Waals surface area contributed by atoms with Gasteiger partial charge in [-0.2, -0.15) is 0 Å². The zero-order chi connectivity index (χ0) is 18.5. The lowest BCUT2D eigenvalue weighted by Crippen LogP contribution is -2.38. The van der Waals surface area contributed by atoms with Crippen molar-refractivity contribution in [3.05, 3.63) is 53.2 Å². The predicted octanol–water partition coefficient (Wildman–Crippen LogP) is 4.13. The third-order valence-corrected chi connectivity index (χ3v) is 5.55. The van der Waals surface area contributed by atoms with Gasteiger partial charge in [0.1, 0.15) is 0 Å². The summed E-state index contributed by atoms with van der Waals surface area (Å²) < 4.78 is 0. The van der Waals surface area contributed by atoms with E-state index in [0.717, 1.165) is 53.8 Å². The van der Waals surface area contributed by atoms with Crippen molar-refractivity contribution in [2.24, 2.45) is 0 Å². The summed E-state index contributed by atoms with van der Waals surface area (Å²) in [5, 5.41) is 12.5. The highest BCUT2D eigenvalue weighted by atomic mass is 16.1. The lowest BCUT2D eigenvalue weighted by Gasteiger charge is -2.31. The SMILES string of the molecule is C=C(CC)c1cccc(C(=N)C2=C(NC3CCCC3)CCN(C=O)C2)c1. The van der Waals surface area contributed by atoms with Crippen molar-refractivity contribution in [3.8, 4) is 0 Å².